The van der Waals surface area contributed by atoms with E-state index in [1.165, 1.54) is 154 Å². The number of nitrogens with zero attached hydrogens (tertiary/aromatic N) is 1. The van der Waals surface area contributed by atoms with Gasteiger partial charge in [0, 0.05) is 12.8 Å². The highest BCUT2D eigenvalue weighted by atomic mass is 31.2. The molecule has 0 aliphatic heterocycles. The maximum atomic E-state index is 12.9. The average Bonchev–Trinajstić information content (AvgIpc) is 3.62. The van der Waals surface area contributed by atoms with Gasteiger partial charge < -0.3 is 18.9 Å². The van der Waals surface area contributed by atoms with E-state index in [1.54, 1.807) is 0 Å². The summed E-state index contributed by atoms with van der Waals surface area (Å²) in [4.78, 5) is 35.9. The molecule has 0 aromatic heterocycles. The second kappa shape index (κ2) is 69.2. The molecule has 514 valence electrons. The Bertz CT molecular complexity index is 2030. The van der Waals surface area contributed by atoms with Crippen molar-refractivity contribution in [2.24, 2.45) is 0 Å². The fourth-order valence-electron chi connectivity index (χ4n) is 9.78. The van der Waals surface area contributed by atoms with Gasteiger partial charge in [-0.05, 0) is 122 Å². The normalized spacial score (nSPS) is 14.0. The van der Waals surface area contributed by atoms with Crippen molar-refractivity contribution in [3.63, 3.8) is 0 Å². The van der Waals surface area contributed by atoms with Crippen LogP contribution in [-0.2, 0) is 32.7 Å². The summed E-state index contributed by atoms with van der Waals surface area (Å²) in [6, 6.07) is 0. The SMILES string of the molecule is CC/C=C\C/C=C\C/C=C\C/C=C\C/C=C\C/C=C\C/C=C\C/C=C\C/C=C\CCCCCCCCCCCCCCCC(=O)OC(COC(=O)CCCCCCCCCCCC/C=C\C/C=C\C/C=C\CCCCCCC)COP(=O)(O)OCC[N+](C)(C)C. The topological polar surface area (TPSA) is 108 Å². The number of phosphoric ester groups is 1. The van der Waals surface area contributed by atoms with Gasteiger partial charge in [-0.3, -0.25) is 18.6 Å². The molecule has 0 saturated carbocycles. The van der Waals surface area contributed by atoms with E-state index in [0.29, 0.717) is 17.4 Å². The summed E-state index contributed by atoms with van der Waals surface area (Å²) in [6.07, 6.45) is 102. The van der Waals surface area contributed by atoms with Gasteiger partial charge in [-0.15, -0.1) is 0 Å². The summed E-state index contributed by atoms with van der Waals surface area (Å²) < 4.78 is 34.7. The second-order valence-corrected chi connectivity index (χ2v) is 26.7. The van der Waals surface area contributed by atoms with Crippen LogP contribution >= 0.6 is 7.82 Å². The molecule has 90 heavy (non-hydrogen) atoms. The van der Waals surface area contributed by atoms with E-state index in [4.69, 9.17) is 18.5 Å². The first-order valence-corrected chi connectivity index (χ1v) is 38.1. The Morgan fingerprint density at radius 3 is 0.944 bits per heavy atom. The minimum Gasteiger partial charge on any atom is -0.462 e. The molecule has 9 nitrogen and oxygen atoms in total. The van der Waals surface area contributed by atoms with Crippen LogP contribution in [0.3, 0.4) is 0 Å². The van der Waals surface area contributed by atoms with Gasteiger partial charge in [0.25, 0.3) is 0 Å². The summed E-state index contributed by atoms with van der Waals surface area (Å²) in [5.74, 6) is -0.803. The molecule has 0 radical (unpaired) electrons. The van der Waals surface area contributed by atoms with E-state index in [-0.39, 0.29) is 32.0 Å². The molecule has 0 aliphatic rings. The van der Waals surface area contributed by atoms with Gasteiger partial charge in [-0.25, -0.2) is 4.57 Å². The third-order valence-electron chi connectivity index (χ3n) is 15.4. The monoisotopic (exact) mass is 1270 g/mol. The summed E-state index contributed by atoms with van der Waals surface area (Å²) in [5.41, 5.74) is 0. The van der Waals surface area contributed by atoms with Crippen molar-refractivity contribution in [3.05, 3.63) is 146 Å². The molecule has 0 fully saturated rings. The predicted molar refractivity (Wildman–Crippen MR) is 390 cm³/mol. The third-order valence-corrected chi connectivity index (χ3v) is 16.3. The minimum atomic E-state index is -4.40. The van der Waals surface area contributed by atoms with E-state index < -0.39 is 26.5 Å². The van der Waals surface area contributed by atoms with Crippen LogP contribution < -0.4 is 0 Å². The number of esters is 2. The van der Waals surface area contributed by atoms with Gasteiger partial charge in [-0.1, -0.05) is 307 Å². The Kier molecular flexibility index (Phi) is 66.1. The third kappa shape index (κ3) is 72.9. The van der Waals surface area contributed by atoms with Gasteiger partial charge in [0.2, 0.25) is 0 Å². The van der Waals surface area contributed by atoms with Crippen molar-refractivity contribution in [1.82, 2.24) is 0 Å². The zero-order chi connectivity index (χ0) is 65.5. The molecule has 0 amide bonds. The summed E-state index contributed by atoms with van der Waals surface area (Å²) in [7, 11) is 1.47. The number of ether oxygens (including phenoxy) is 2. The van der Waals surface area contributed by atoms with Crippen molar-refractivity contribution >= 4 is 19.8 Å². The highest BCUT2D eigenvalue weighted by molar-refractivity contribution is 7.47. The number of carbonyl (C=O) groups is 2. The van der Waals surface area contributed by atoms with Crippen LogP contribution in [0, 0.1) is 0 Å². The molecule has 2 atom stereocenters. The van der Waals surface area contributed by atoms with Crippen LogP contribution in [0.2, 0.25) is 0 Å². The van der Waals surface area contributed by atoms with Crippen LogP contribution in [0.1, 0.15) is 296 Å². The predicted octanol–water partition coefficient (Wildman–Crippen LogP) is 24.2. The molecule has 0 rings (SSSR count). The lowest BCUT2D eigenvalue weighted by Crippen LogP contribution is -2.37. The van der Waals surface area contributed by atoms with E-state index in [1.807, 2.05) is 21.1 Å². The van der Waals surface area contributed by atoms with Gasteiger partial charge >= 0.3 is 19.8 Å². The van der Waals surface area contributed by atoms with E-state index >= 15 is 0 Å². The number of hydrogen-bond acceptors (Lipinski definition) is 7. The smallest absolute Gasteiger partial charge is 0.462 e. The molecule has 0 aromatic rings. The van der Waals surface area contributed by atoms with E-state index in [9.17, 15) is 19.0 Å². The number of phosphoric acid groups is 1. The fourth-order valence-corrected chi connectivity index (χ4v) is 10.5. The van der Waals surface area contributed by atoms with Crippen molar-refractivity contribution < 1.29 is 42.1 Å². The number of quaternary nitrogens is 1. The fraction of sp³-hybridized carbons (Fsp3) is 0.675. The zero-order valence-corrected chi connectivity index (χ0v) is 59.5. The molecule has 10 heteroatoms. The lowest BCUT2D eigenvalue weighted by molar-refractivity contribution is -0.870. The van der Waals surface area contributed by atoms with Gasteiger partial charge in [0.05, 0.1) is 27.7 Å². The van der Waals surface area contributed by atoms with Crippen LogP contribution in [0.5, 0.6) is 0 Å². The van der Waals surface area contributed by atoms with Gasteiger partial charge in [0.1, 0.15) is 19.8 Å². The number of unbranched alkanes of at least 4 members (excludes halogenated alkanes) is 28. The van der Waals surface area contributed by atoms with Crippen LogP contribution in [0.25, 0.3) is 0 Å². The number of carbonyl (C=O) groups excluding carboxylic acids is 2. The van der Waals surface area contributed by atoms with Gasteiger partial charge in [-0.2, -0.15) is 0 Å². The summed E-state index contributed by atoms with van der Waals surface area (Å²) in [5, 5.41) is 0. The molecule has 0 spiro atoms. The molecule has 1 N–H and O–H groups in total. The largest absolute Gasteiger partial charge is 0.472 e. The maximum Gasteiger partial charge on any atom is 0.472 e. The molecular formula is C80H137NO8P+. The first kappa shape index (κ1) is 85.9. The number of likely N-dealkylation sites (N-methyl/N-ethyl adjacent to an activating group) is 1. The first-order valence-electron chi connectivity index (χ1n) is 36.6. The second-order valence-electron chi connectivity index (χ2n) is 25.2. The minimum absolute atomic E-state index is 0.0253. The number of allylic oxidation sites excluding steroid dienone is 24. The Balaban J connectivity index is 4.06. The molecule has 0 saturated heterocycles. The quantitative estimate of drug-likeness (QED) is 0.0211. The molecule has 0 bridgehead atoms. The highest BCUT2D eigenvalue weighted by Crippen LogP contribution is 2.43. The van der Waals surface area contributed by atoms with Crippen LogP contribution in [0.15, 0.2) is 146 Å². The Hall–Kier alpha value is -4.11. The van der Waals surface area contributed by atoms with E-state index in [2.05, 4.69) is 160 Å². The van der Waals surface area contributed by atoms with Crippen LogP contribution in [0.4, 0.5) is 0 Å². The molecule has 0 heterocycles. The lowest BCUT2D eigenvalue weighted by Gasteiger charge is -2.24. The first-order chi connectivity index (χ1) is 44.0. The molecule has 0 aromatic carbocycles. The Morgan fingerprint density at radius 1 is 0.356 bits per heavy atom. The highest BCUT2D eigenvalue weighted by Gasteiger charge is 2.27. The van der Waals surface area contributed by atoms with Crippen molar-refractivity contribution in [2.45, 2.75) is 302 Å². The Labute approximate surface area is 554 Å². The summed E-state index contributed by atoms with van der Waals surface area (Å²) >= 11 is 0. The molecule has 0 aliphatic carbocycles. The lowest BCUT2D eigenvalue weighted by atomic mass is 10.0. The standard InChI is InChI=1S/C80H136NO8P/c1-6-8-10-12-14-16-18-20-22-24-26-28-30-32-33-34-35-36-37-38-39-40-41-42-43-44-45-46-47-49-51-53-55-57-59-61-63-65-67-69-71-73-80(83)89-78(77-88-90(84,85)87-75-74-81(3,4)5)76-86-79(82)72-70-68-66-64-62-60-58-56-54-52-50-48-31-29-27-25-23-21-19-17-15-13-11-9-7-2/h8,10,14,16,19-22,25-28,31-33,35-36,38-39,41-42,44-45,48,78H,6-7,9,11-13,15,17-18,23-24,29-30,34,37,40,43,46-47,49-77H2,1-5H3/p+1/b10-8-,16-14-,21-19-,22-20-,27-25-,28-26-,33-32-,36-35-,39-38-,42-41-,45-44-,48-31-. The van der Waals surface area contributed by atoms with Crippen molar-refractivity contribution in [1.29, 1.82) is 0 Å². The number of rotatable bonds is 66. The van der Waals surface area contributed by atoms with E-state index in [0.717, 1.165) is 109 Å². The van der Waals surface area contributed by atoms with Crippen molar-refractivity contribution in [2.75, 3.05) is 47.5 Å². The maximum absolute atomic E-state index is 12.9. The zero-order valence-electron chi connectivity index (χ0n) is 58.6. The summed E-state index contributed by atoms with van der Waals surface area (Å²) in [6.45, 7) is 4.31. The average molecular weight is 1270 g/mol. The Morgan fingerprint density at radius 2 is 0.633 bits per heavy atom. The number of hydrogen-bond donors (Lipinski definition) is 1. The van der Waals surface area contributed by atoms with Crippen LogP contribution in [-0.4, -0.2) is 74.9 Å². The van der Waals surface area contributed by atoms with Crippen molar-refractivity contribution in [3.8, 4) is 0 Å². The molecule has 2 unspecified atom stereocenters. The van der Waals surface area contributed by atoms with Gasteiger partial charge in [0.15, 0.2) is 6.10 Å². The molecular weight excluding hydrogens is 1130 g/mol.